The number of aliphatic hydroxyl groups is 1. The maximum atomic E-state index is 10.1. The van der Waals surface area contributed by atoms with E-state index in [0.717, 1.165) is 24.4 Å². The van der Waals surface area contributed by atoms with Gasteiger partial charge in [-0.3, -0.25) is 0 Å². The average molecular weight is 203 g/mol. The van der Waals surface area contributed by atoms with Gasteiger partial charge in [0.2, 0.25) is 0 Å². The Hall–Kier alpha value is -0.860. The molecule has 0 saturated heterocycles. The third-order valence-corrected chi connectivity index (χ3v) is 3.56. The van der Waals surface area contributed by atoms with Crippen molar-refractivity contribution < 1.29 is 5.11 Å². The van der Waals surface area contributed by atoms with Crippen molar-refractivity contribution in [3.63, 3.8) is 0 Å². The number of aliphatic hydroxyl groups excluding tert-OH is 1. The lowest BCUT2D eigenvalue weighted by atomic mass is 10.1. The van der Waals surface area contributed by atoms with Crippen molar-refractivity contribution in [1.82, 2.24) is 5.32 Å². The van der Waals surface area contributed by atoms with Crippen LogP contribution in [0.4, 0.5) is 0 Å². The maximum Gasteiger partial charge on any atom is 0.0948 e. The number of nitrogens with one attached hydrogen (secondary N) is 1. The molecule has 3 rings (SSSR count). The van der Waals surface area contributed by atoms with Crippen molar-refractivity contribution in [3.8, 4) is 0 Å². The van der Waals surface area contributed by atoms with E-state index in [-0.39, 0.29) is 12.1 Å². The zero-order valence-corrected chi connectivity index (χ0v) is 8.82. The molecule has 2 heteroatoms. The van der Waals surface area contributed by atoms with Gasteiger partial charge < -0.3 is 10.4 Å². The summed E-state index contributed by atoms with van der Waals surface area (Å²) in [4.78, 5) is 0. The summed E-state index contributed by atoms with van der Waals surface area (Å²) in [5.41, 5.74) is 2.42. The molecule has 2 aliphatic rings. The Labute approximate surface area is 90.3 Å². The van der Waals surface area contributed by atoms with Crippen LogP contribution in [-0.4, -0.2) is 17.7 Å². The standard InChI is InChI=1S/C13H17NO/c15-13-11-4-2-1-3-10(11)7-12(13)14-8-9-5-6-9/h1-4,9,12-15H,5-8H2/t12-,13?/m0/s1. The first-order valence-electron chi connectivity index (χ1n) is 5.84. The fourth-order valence-corrected chi connectivity index (χ4v) is 2.40. The second-order valence-electron chi connectivity index (χ2n) is 4.81. The molecule has 0 heterocycles. The van der Waals surface area contributed by atoms with E-state index >= 15 is 0 Å². The van der Waals surface area contributed by atoms with Crippen molar-refractivity contribution in [2.24, 2.45) is 5.92 Å². The number of hydrogen-bond donors (Lipinski definition) is 2. The van der Waals surface area contributed by atoms with Crippen molar-refractivity contribution in [2.75, 3.05) is 6.54 Å². The number of hydrogen-bond acceptors (Lipinski definition) is 2. The van der Waals surface area contributed by atoms with Gasteiger partial charge in [0.15, 0.2) is 0 Å². The molecule has 0 radical (unpaired) electrons. The first kappa shape index (κ1) is 9.37. The number of rotatable bonds is 3. The fourth-order valence-electron chi connectivity index (χ4n) is 2.40. The van der Waals surface area contributed by atoms with Crippen LogP contribution in [0.3, 0.4) is 0 Å². The summed E-state index contributed by atoms with van der Waals surface area (Å²) in [6.45, 7) is 1.08. The monoisotopic (exact) mass is 203 g/mol. The summed E-state index contributed by atoms with van der Waals surface area (Å²) in [5.74, 6) is 0.876. The summed E-state index contributed by atoms with van der Waals surface area (Å²) in [6, 6.07) is 8.46. The van der Waals surface area contributed by atoms with Crippen molar-refractivity contribution in [1.29, 1.82) is 0 Å². The Bertz CT molecular complexity index is 359. The van der Waals surface area contributed by atoms with Gasteiger partial charge in [-0.25, -0.2) is 0 Å². The lowest BCUT2D eigenvalue weighted by Crippen LogP contribution is -2.34. The molecule has 2 N–H and O–H groups in total. The molecule has 0 bridgehead atoms. The minimum absolute atomic E-state index is 0.239. The zero-order chi connectivity index (χ0) is 10.3. The summed E-state index contributed by atoms with van der Waals surface area (Å²) in [7, 11) is 0. The van der Waals surface area contributed by atoms with E-state index in [9.17, 15) is 5.11 Å². The van der Waals surface area contributed by atoms with E-state index < -0.39 is 0 Å². The highest BCUT2D eigenvalue weighted by molar-refractivity contribution is 5.35. The molecule has 15 heavy (non-hydrogen) atoms. The van der Waals surface area contributed by atoms with E-state index in [2.05, 4.69) is 17.4 Å². The van der Waals surface area contributed by atoms with Gasteiger partial charge in [-0.2, -0.15) is 0 Å². The Morgan fingerprint density at radius 1 is 1.27 bits per heavy atom. The molecule has 0 spiro atoms. The fraction of sp³-hybridized carbons (Fsp3) is 0.538. The molecule has 1 unspecified atom stereocenters. The van der Waals surface area contributed by atoms with Gasteiger partial charge in [-0.15, -0.1) is 0 Å². The molecule has 1 fully saturated rings. The van der Waals surface area contributed by atoms with Gasteiger partial charge in [0.05, 0.1) is 6.10 Å². The highest BCUT2D eigenvalue weighted by Gasteiger charge is 2.31. The van der Waals surface area contributed by atoms with Crippen molar-refractivity contribution in [2.45, 2.75) is 31.4 Å². The molecule has 0 aromatic heterocycles. The molecule has 1 aromatic carbocycles. The SMILES string of the molecule is OC1c2ccccc2C[C@@H]1NCC1CC1. The topological polar surface area (TPSA) is 32.3 Å². The summed E-state index contributed by atoms with van der Waals surface area (Å²) < 4.78 is 0. The van der Waals surface area contributed by atoms with Crippen LogP contribution in [0, 0.1) is 5.92 Å². The van der Waals surface area contributed by atoms with Crippen LogP contribution in [0.1, 0.15) is 30.1 Å². The van der Waals surface area contributed by atoms with Crippen molar-refractivity contribution in [3.05, 3.63) is 35.4 Å². The van der Waals surface area contributed by atoms with Gasteiger partial charge in [0.1, 0.15) is 0 Å². The van der Waals surface area contributed by atoms with E-state index in [1.54, 1.807) is 0 Å². The highest BCUT2D eigenvalue weighted by atomic mass is 16.3. The maximum absolute atomic E-state index is 10.1. The van der Waals surface area contributed by atoms with Crippen LogP contribution in [0.25, 0.3) is 0 Å². The van der Waals surface area contributed by atoms with E-state index in [4.69, 9.17) is 0 Å². The Balaban J connectivity index is 1.68. The van der Waals surface area contributed by atoms with Gasteiger partial charge in [0.25, 0.3) is 0 Å². The Morgan fingerprint density at radius 2 is 2.07 bits per heavy atom. The van der Waals surface area contributed by atoms with E-state index in [1.807, 2.05) is 12.1 Å². The van der Waals surface area contributed by atoms with Crippen LogP contribution in [0.15, 0.2) is 24.3 Å². The minimum Gasteiger partial charge on any atom is -0.387 e. The van der Waals surface area contributed by atoms with Crippen molar-refractivity contribution >= 4 is 0 Å². The Kier molecular flexibility index (Phi) is 2.26. The van der Waals surface area contributed by atoms with E-state index in [0.29, 0.717) is 0 Å². The average Bonchev–Trinajstić information content (AvgIpc) is 3.03. The van der Waals surface area contributed by atoms with Crippen LogP contribution >= 0.6 is 0 Å². The molecule has 0 aliphatic heterocycles. The molecular formula is C13H17NO. The minimum atomic E-state index is -0.306. The Morgan fingerprint density at radius 3 is 2.80 bits per heavy atom. The molecule has 80 valence electrons. The second-order valence-corrected chi connectivity index (χ2v) is 4.81. The lowest BCUT2D eigenvalue weighted by molar-refractivity contribution is 0.141. The van der Waals surface area contributed by atoms with Crippen LogP contribution < -0.4 is 5.32 Å². The predicted octanol–water partition coefficient (Wildman–Crippen LogP) is 1.64. The molecule has 2 nitrogen and oxygen atoms in total. The third-order valence-electron chi connectivity index (χ3n) is 3.56. The molecule has 2 atom stereocenters. The predicted molar refractivity (Wildman–Crippen MR) is 59.6 cm³/mol. The highest BCUT2D eigenvalue weighted by Crippen LogP contribution is 2.33. The number of benzene rings is 1. The molecule has 2 aliphatic carbocycles. The van der Waals surface area contributed by atoms with Gasteiger partial charge in [-0.05, 0) is 42.9 Å². The summed E-state index contributed by atoms with van der Waals surface area (Å²) >= 11 is 0. The summed E-state index contributed by atoms with van der Waals surface area (Å²) in [6.07, 6.45) is 3.40. The number of fused-ring (bicyclic) bond motifs is 1. The lowest BCUT2D eigenvalue weighted by Gasteiger charge is -2.16. The molecule has 0 amide bonds. The smallest absolute Gasteiger partial charge is 0.0948 e. The van der Waals surface area contributed by atoms with Crippen LogP contribution in [0.2, 0.25) is 0 Å². The first-order chi connectivity index (χ1) is 7.34. The van der Waals surface area contributed by atoms with Crippen LogP contribution in [-0.2, 0) is 6.42 Å². The van der Waals surface area contributed by atoms with Gasteiger partial charge in [0, 0.05) is 6.04 Å². The normalized spacial score (nSPS) is 29.1. The summed E-state index contributed by atoms with van der Waals surface area (Å²) in [5, 5.41) is 13.6. The third kappa shape index (κ3) is 1.80. The molecular weight excluding hydrogens is 186 g/mol. The first-order valence-corrected chi connectivity index (χ1v) is 5.84. The molecule has 1 saturated carbocycles. The quantitative estimate of drug-likeness (QED) is 0.783. The zero-order valence-electron chi connectivity index (χ0n) is 8.82. The molecule has 1 aromatic rings. The van der Waals surface area contributed by atoms with Gasteiger partial charge >= 0.3 is 0 Å². The largest absolute Gasteiger partial charge is 0.387 e. The second kappa shape index (κ2) is 3.62. The van der Waals surface area contributed by atoms with E-state index in [1.165, 1.54) is 18.4 Å². The van der Waals surface area contributed by atoms with Crippen LogP contribution in [0.5, 0.6) is 0 Å². The van der Waals surface area contributed by atoms with Gasteiger partial charge in [-0.1, -0.05) is 24.3 Å².